The first-order chi connectivity index (χ1) is 10.3. The Morgan fingerprint density at radius 2 is 2.05 bits per heavy atom. The normalized spacial score (nSPS) is 10.5. The second-order valence-electron chi connectivity index (χ2n) is 4.19. The SMILES string of the molecule is COC(=O)c1ccc(Cn2nc([N+](=O)[O-])c([N+](=O)[O-])c2C)o1. The van der Waals surface area contributed by atoms with Crippen LogP contribution in [0.3, 0.4) is 0 Å². The summed E-state index contributed by atoms with van der Waals surface area (Å²) in [5, 5.41) is 25.3. The number of hydrogen-bond donors (Lipinski definition) is 0. The molecule has 0 radical (unpaired) electrons. The molecule has 0 N–H and O–H groups in total. The number of esters is 1. The Morgan fingerprint density at radius 1 is 1.36 bits per heavy atom. The monoisotopic (exact) mass is 310 g/mol. The number of carbonyl (C=O) groups excluding carboxylic acids is 1. The fraction of sp³-hybridized carbons (Fsp3) is 0.273. The fourth-order valence-corrected chi connectivity index (χ4v) is 1.83. The zero-order valence-corrected chi connectivity index (χ0v) is 11.5. The Labute approximate surface area is 122 Å². The molecular formula is C11H10N4O7. The average molecular weight is 310 g/mol. The van der Waals surface area contributed by atoms with Crippen LogP contribution < -0.4 is 0 Å². The third kappa shape index (κ3) is 2.63. The number of rotatable bonds is 5. The molecule has 0 aromatic carbocycles. The molecule has 11 nitrogen and oxygen atoms in total. The van der Waals surface area contributed by atoms with Crippen LogP contribution >= 0.6 is 0 Å². The second-order valence-corrected chi connectivity index (χ2v) is 4.19. The number of hydrogen-bond acceptors (Lipinski definition) is 8. The van der Waals surface area contributed by atoms with E-state index in [0.29, 0.717) is 0 Å². The van der Waals surface area contributed by atoms with Gasteiger partial charge in [-0.2, -0.15) is 4.68 Å². The van der Waals surface area contributed by atoms with Gasteiger partial charge < -0.3 is 19.3 Å². The molecule has 0 spiro atoms. The molecule has 0 saturated carbocycles. The van der Waals surface area contributed by atoms with Gasteiger partial charge in [0.05, 0.1) is 17.1 Å². The highest BCUT2D eigenvalue weighted by atomic mass is 16.6. The summed E-state index contributed by atoms with van der Waals surface area (Å²) in [4.78, 5) is 31.2. The van der Waals surface area contributed by atoms with Gasteiger partial charge in [0.25, 0.3) is 0 Å². The van der Waals surface area contributed by atoms with Crippen LogP contribution in [-0.4, -0.2) is 32.7 Å². The summed E-state index contributed by atoms with van der Waals surface area (Å²) in [5.74, 6) is -1.33. The van der Waals surface area contributed by atoms with Gasteiger partial charge in [0.1, 0.15) is 18.0 Å². The van der Waals surface area contributed by atoms with E-state index < -0.39 is 27.3 Å². The lowest BCUT2D eigenvalue weighted by Crippen LogP contribution is -2.04. The van der Waals surface area contributed by atoms with Crippen LogP contribution in [0.25, 0.3) is 0 Å². The van der Waals surface area contributed by atoms with E-state index in [4.69, 9.17) is 4.42 Å². The van der Waals surface area contributed by atoms with E-state index in [1.807, 2.05) is 0 Å². The summed E-state index contributed by atoms with van der Waals surface area (Å²) in [6.07, 6.45) is 0. The van der Waals surface area contributed by atoms with E-state index in [9.17, 15) is 25.0 Å². The van der Waals surface area contributed by atoms with Gasteiger partial charge in [0, 0.05) is 0 Å². The van der Waals surface area contributed by atoms with Crippen molar-refractivity contribution in [2.24, 2.45) is 0 Å². The smallest absolute Gasteiger partial charge is 0.463 e. The van der Waals surface area contributed by atoms with E-state index in [-0.39, 0.29) is 23.8 Å². The van der Waals surface area contributed by atoms with Crippen LogP contribution in [0.5, 0.6) is 0 Å². The first kappa shape index (κ1) is 15.2. The molecule has 0 unspecified atom stereocenters. The van der Waals surface area contributed by atoms with E-state index in [2.05, 4.69) is 9.84 Å². The molecule has 2 aromatic rings. The summed E-state index contributed by atoms with van der Waals surface area (Å²) < 4.78 is 10.7. The summed E-state index contributed by atoms with van der Waals surface area (Å²) in [6.45, 7) is 1.24. The molecule has 2 aromatic heterocycles. The minimum absolute atomic E-state index is 0.00715. The standard InChI is InChI=1S/C11H10N4O7/c1-6-9(14(17)18)10(15(19)20)12-13(6)5-7-3-4-8(22-7)11(16)21-2/h3-4H,5H2,1-2H3. The maximum atomic E-state index is 11.3. The van der Waals surface area contributed by atoms with Gasteiger partial charge in [-0.15, -0.1) is 0 Å². The number of furan rings is 1. The van der Waals surface area contributed by atoms with Crippen LogP contribution in [0.1, 0.15) is 22.0 Å². The maximum absolute atomic E-state index is 11.3. The van der Waals surface area contributed by atoms with Gasteiger partial charge >= 0.3 is 17.5 Å². The molecule has 0 saturated heterocycles. The van der Waals surface area contributed by atoms with Crippen LogP contribution in [0.4, 0.5) is 11.5 Å². The summed E-state index contributed by atoms with van der Waals surface area (Å²) in [6, 6.07) is 2.81. The highest BCUT2D eigenvalue weighted by Crippen LogP contribution is 2.29. The third-order valence-electron chi connectivity index (χ3n) is 2.87. The maximum Gasteiger partial charge on any atom is 0.468 e. The molecule has 2 rings (SSSR count). The van der Waals surface area contributed by atoms with Crippen molar-refractivity contribution in [3.05, 3.63) is 49.6 Å². The lowest BCUT2D eigenvalue weighted by Gasteiger charge is -1.96. The van der Waals surface area contributed by atoms with E-state index in [0.717, 1.165) is 4.68 Å². The predicted molar refractivity (Wildman–Crippen MR) is 69.4 cm³/mol. The van der Waals surface area contributed by atoms with E-state index >= 15 is 0 Å². The molecule has 0 atom stereocenters. The van der Waals surface area contributed by atoms with Gasteiger partial charge in [-0.1, -0.05) is 0 Å². The fourth-order valence-electron chi connectivity index (χ4n) is 1.83. The minimum Gasteiger partial charge on any atom is -0.463 e. The molecule has 0 aliphatic carbocycles. The molecule has 0 fully saturated rings. The molecule has 0 aliphatic rings. The first-order valence-electron chi connectivity index (χ1n) is 5.88. The van der Waals surface area contributed by atoms with Crippen molar-refractivity contribution < 1.29 is 23.8 Å². The first-order valence-corrected chi connectivity index (χ1v) is 5.88. The lowest BCUT2D eigenvalue weighted by atomic mass is 10.3. The van der Waals surface area contributed by atoms with Crippen molar-refractivity contribution in [1.29, 1.82) is 0 Å². The number of nitrogens with zero attached hydrogens (tertiary/aromatic N) is 4. The Kier molecular flexibility index (Phi) is 3.88. The topological polar surface area (TPSA) is 144 Å². The zero-order chi connectivity index (χ0) is 16.4. The van der Waals surface area contributed by atoms with Gasteiger partial charge in [0.2, 0.25) is 5.76 Å². The average Bonchev–Trinajstić information content (AvgIpc) is 3.04. The Hall–Kier alpha value is -3.24. The predicted octanol–water partition coefficient (Wildman–Crippen LogP) is 1.44. The highest BCUT2D eigenvalue weighted by Gasteiger charge is 2.35. The second kappa shape index (κ2) is 5.63. The van der Waals surface area contributed by atoms with Crippen molar-refractivity contribution in [2.45, 2.75) is 13.5 Å². The van der Waals surface area contributed by atoms with Gasteiger partial charge in [-0.25, -0.2) is 4.79 Å². The summed E-state index contributed by atoms with van der Waals surface area (Å²) >= 11 is 0. The molecule has 116 valence electrons. The molecule has 0 amide bonds. The van der Waals surface area contributed by atoms with Crippen molar-refractivity contribution in [2.75, 3.05) is 7.11 Å². The van der Waals surface area contributed by atoms with Crippen LogP contribution in [-0.2, 0) is 11.3 Å². The number of ether oxygens (including phenoxy) is 1. The summed E-state index contributed by atoms with van der Waals surface area (Å²) in [5.41, 5.74) is -0.669. The third-order valence-corrected chi connectivity index (χ3v) is 2.87. The molecule has 11 heteroatoms. The molecule has 22 heavy (non-hydrogen) atoms. The number of methoxy groups -OCH3 is 1. The van der Waals surface area contributed by atoms with Crippen molar-refractivity contribution >= 4 is 17.5 Å². The number of carbonyl (C=O) groups is 1. The Bertz CT molecular complexity index is 761. The van der Waals surface area contributed by atoms with Crippen molar-refractivity contribution in [1.82, 2.24) is 9.78 Å². The summed E-state index contributed by atoms with van der Waals surface area (Å²) in [7, 11) is 1.19. The zero-order valence-electron chi connectivity index (χ0n) is 11.5. The Morgan fingerprint density at radius 3 is 2.55 bits per heavy atom. The van der Waals surface area contributed by atoms with E-state index in [1.165, 1.54) is 26.2 Å². The van der Waals surface area contributed by atoms with Gasteiger partial charge in [-0.05, 0) is 24.0 Å². The molecule has 2 heterocycles. The lowest BCUT2D eigenvalue weighted by molar-refractivity contribution is -0.424. The van der Waals surface area contributed by atoms with Crippen molar-refractivity contribution in [3.8, 4) is 0 Å². The number of aromatic nitrogens is 2. The molecule has 0 bridgehead atoms. The largest absolute Gasteiger partial charge is 0.468 e. The van der Waals surface area contributed by atoms with Crippen LogP contribution in [0.15, 0.2) is 16.5 Å². The minimum atomic E-state index is -0.927. The van der Waals surface area contributed by atoms with Crippen LogP contribution in [0.2, 0.25) is 0 Å². The van der Waals surface area contributed by atoms with Gasteiger partial charge in [-0.3, -0.25) is 10.1 Å². The number of nitro groups is 2. The van der Waals surface area contributed by atoms with Gasteiger partial charge in [0.15, 0.2) is 0 Å². The quantitative estimate of drug-likeness (QED) is 0.458. The Balaban J connectivity index is 2.36. The van der Waals surface area contributed by atoms with Crippen LogP contribution in [0, 0.1) is 27.2 Å². The molecule has 0 aliphatic heterocycles. The molecular weight excluding hydrogens is 300 g/mol. The van der Waals surface area contributed by atoms with E-state index in [1.54, 1.807) is 0 Å². The van der Waals surface area contributed by atoms with Crippen molar-refractivity contribution in [3.63, 3.8) is 0 Å². The highest BCUT2D eigenvalue weighted by molar-refractivity contribution is 5.86.